The van der Waals surface area contributed by atoms with Gasteiger partial charge in [0, 0.05) is 29.4 Å². The number of benzene rings is 2. The zero-order valence-electron chi connectivity index (χ0n) is 19.0. The Morgan fingerprint density at radius 3 is 2.74 bits per heavy atom. The molecular formula is C24H27ClN4O5. The number of ether oxygens (including phenoxy) is 2. The summed E-state index contributed by atoms with van der Waals surface area (Å²) in [6, 6.07) is 10.5. The maximum atomic E-state index is 12.3. The van der Waals surface area contributed by atoms with E-state index in [-0.39, 0.29) is 25.2 Å². The van der Waals surface area contributed by atoms with Crippen LogP contribution in [0.15, 0.2) is 41.5 Å². The van der Waals surface area contributed by atoms with Gasteiger partial charge in [0.25, 0.3) is 5.91 Å². The standard InChI is InChI=1S/C24H27ClN4O5/c1-15-5-7-20(16(2)10-15)28-22(30)14-34-21-8-6-18(25)11-17(21)12-27-29-24(32)23(31)26-13-19-4-3-9-33-19/h5-8,10-12,19H,3-4,9,13-14H2,1-2H3,(H,26,31)(H,28,30)(H,29,32)/b27-12-/t19-/m1/s1. The molecule has 9 nitrogen and oxygen atoms in total. The number of nitrogens with zero attached hydrogens (tertiary/aromatic N) is 1. The van der Waals surface area contributed by atoms with Gasteiger partial charge >= 0.3 is 11.8 Å². The Morgan fingerprint density at radius 2 is 2.00 bits per heavy atom. The van der Waals surface area contributed by atoms with E-state index < -0.39 is 11.8 Å². The van der Waals surface area contributed by atoms with Crippen LogP contribution in [0.5, 0.6) is 5.75 Å². The largest absolute Gasteiger partial charge is 0.483 e. The summed E-state index contributed by atoms with van der Waals surface area (Å²) in [7, 11) is 0. The third-order valence-electron chi connectivity index (χ3n) is 5.08. The second-order valence-corrected chi connectivity index (χ2v) is 8.32. The molecule has 0 radical (unpaired) electrons. The van der Waals surface area contributed by atoms with E-state index in [1.54, 1.807) is 18.2 Å². The number of anilines is 1. The molecule has 2 aromatic carbocycles. The molecule has 0 bridgehead atoms. The predicted molar refractivity (Wildman–Crippen MR) is 129 cm³/mol. The molecule has 180 valence electrons. The molecule has 34 heavy (non-hydrogen) atoms. The van der Waals surface area contributed by atoms with Gasteiger partial charge in [-0.2, -0.15) is 5.10 Å². The summed E-state index contributed by atoms with van der Waals surface area (Å²) in [6.45, 7) is 4.58. The molecule has 3 N–H and O–H groups in total. The Hall–Kier alpha value is -3.43. The van der Waals surface area contributed by atoms with Crippen LogP contribution in [0.2, 0.25) is 5.02 Å². The highest BCUT2D eigenvalue weighted by Gasteiger charge is 2.19. The molecular weight excluding hydrogens is 460 g/mol. The molecule has 10 heteroatoms. The van der Waals surface area contributed by atoms with Crippen molar-refractivity contribution in [2.24, 2.45) is 5.10 Å². The van der Waals surface area contributed by atoms with Crippen molar-refractivity contribution in [1.29, 1.82) is 0 Å². The lowest BCUT2D eigenvalue weighted by atomic mass is 10.1. The van der Waals surface area contributed by atoms with Gasteiger partial charge in [-0.05, 0) is 56.5 Å². The maximum absolute atomic E-state index is 12.3. The number of aryl methyl sites for hydroxylation is 2. The lowest BCUT2D eigenvalue weighted by molar-refractivity contribution is -0.139. The summed E-state index contributed by atoms with van der Waals surface area (Å²) in [5, 5.41) is 9.53. The molecule has 0 spiro atoms. The van der Waals surface area contributed by atoms with Crippen LogP contribution >= 0.6 is 11.6 Å². The van der Waals surface area contributed by atoms with Crippen LogP contribution in [0.4, 0.5) is 5.69 Å². The number of carbonyl (C=O) groups is 3. The van der Waals surface area contributed by atoms with Crippen LogP contribution in [-0.4, -0.2) is 49.8 Å². The SMILES string of the molecule is Cc1ccc(NC(=O)COc2ccc(Cl)cc2/C=N\NC(=O)C(=O)NC[C@H]2CCCO2)c(C)c1. The number of rotatable bonds is 8. The van der Waals surface area contributed by atoms with E-state index in [9.17, 15) is 14.4 Å². The van der Waals surface area contributed by atoms with Crippen molar-refractivity contribution in [2.75, 3.05) is 25.1 Å². The van der Waals surface area contributed by atoms with Crippen molar-refractivity contribution in [3.05, 3.63) is 58.1 Å². The molecule has 1 aliphatic rings. The van der Waals surface area contributed by atoms with Crippen LogP contribution in [-0.2, 0) is 19.1 Å². The quantitative estimate of drug-likeness (QED) is 0.301. The Kier molecular flexibility index (Phi) is 9.00. The van der Waals surface area contributed by atoms with Crippen molar-refractivity contribution in [1.82, 2.24) is 10.7 Å². The van der Waals surface area contributed by atoms with Gasteiger partial charge in [0.1, 0.15) is 5.75 Å². The summed E-state index contributed by atoms with van der Waals surface area (Å²) in [5.41, 5.74) is 5.34. The molecule has 2 aromatic rings. The predicted octanol–water partition coefficient (Wildman–Crippen LogP) is 2.72. The third-order valence-corrected chi connectivity index (χ3v) is 5.31. The first-order valence-electron chi connectivity index (χ1n) is 10.8. The van der Waals surface area contributed by atoms with Gasteiger partial charge < -0.3 is 20.1 Å². The molecule has 0 aliphatic carbocycles. The highest BCUT2D eigenvalue weighted by atomic mass is 35.5. The summed E-state index contributed by atoms with van der Waals surface area (Å²) in [4.78, 5) is 36.2. The van der Waals surface area contributed by atoms with Crippen molar-refractivity contribution in [3.63, 3.8) is 0 Å². The third kappa shape index (κ3) is 7.57. The first-order valence-corrected chi connectivity index (χ1v) is 11.2. The van der Waals surface area contributed by atoms with Crippen LogP contribution < -0.4 is 20.8 Å². The number of amides is 3. The minimum Gasteiger partial charge on any atom is -0.483 e. The molecule has 1 fully saturated rings. The second kappa shape index (κ2) is 12.2. The minimum absolute atomic E-state index is 0.0708. The van der Waals surface area contributed by atoms with Crippen LogP contribution in [0.25, 0.3) is 0 Å². The van der Waals surface area contributed by atoms with E-state index in [2.05, 4.69) is 21.2 Å². The zero-order valence-corrected chi connectivity index (χ0v) is 19.8. The van der Waals surface area contributed by atoms with E-state index in [1.807, 2.05) is 32.0 Å². The lowest BCUT2D eigenvalue weighted by Crippen LogP contribution is -2.41. The number of nitrogens with one attached hydrogen (secondary N) is 3. The number of hydrazone groups is 1. The van der Waals surface area contributed by atoms with Gasteiger partial charge in [0.15, 0.2) is 6.61 Å². The molecule has 1 saturated heterocycles. The molecule has 1 aliphatic heterocycles. The summed E-state index contributed by atoms with van der Waals surface area (Å²) in [5.74, 6) is -1.72. The topological polar surface area (TPSA) is 118 Å². The fourth-order valence-corrected chi connectivity index (χ4v) is 3.52. The normalized spacial score (nSPS) is 15.2. The summed E-state index contributed by atoms with van der Waals surface area (Å²) >= 11 is 6.05. The number of hydrogen-bond acceptors (Lipinski definition) is 6. The van der Waals surface area contributed by atoms with Crippen LogP contribution in [0.3, 0.4) is 0 Å². The lowest BCUT2D eigenvalue weighted by Gasteiger charge is -2.12. The molecule has 1 atom stereocenters. The van der Waals surface area contributed by atoms with Crippen molar-refractivity contribution < 1.29 is 23.9 Å². The Balaban J connectivity index is 1.53. The van der Waals surface area contributed by atoms with E-state index in [0.29, 0.717) is 28.6 Å². The molecule has 0 unspecified atom stereocenters. The summed E-state index contributed by atoms with van der Waals surface area (Å²) < 4.78 is 11.0. The molecule has 0 saturated carbocycles. The average Bonchev–Trinajstić information content (AvgIpc) is 3.32. The first kappa shape index (κ1) is 25.2. The van der Waals surface area contributed by atoms with Crippen LogP contribution in [0.1, 0.15) is 29.5 Å². The highest BCUT2D eigenvalue weighted by Crippen LogP contribution is 2.22. The van der Waals surface area contributed by atoms with Crippen LogP contribution in [0, 0.1) is 13.8 Å². The van der Waals surface area contributed by atoms with E-state index in [0.717, 1.165) is 24.0 Å². The Bertz CT molecular complexity index is 1080. The molecule has 3 rings (SSSR count). The smallest absolute Gasteiger partial charge is 0.329 e. The second-order valence-electron chi connectivity index (χ2n) is 7.88. The fourth-order valence-electron chi connectivity index (χ4n) is 3.34. The Labute approximate surface area is 202 Å². The zero-order chi connectivity index (χ0) is 24.5. The van der Waals surface area contributed by atoms with Gasteiger partial charge in [-0.25, -0.2) is 5.43 Å². The van der Waals surface area contributed by atoms with Gasteiger partial charge in [-0.3, -0.25) is 14.4 Å². The molecule has 0 aromatic heterocycles. The maximum Gasteiger partial charge on any atom is 0.329 e. The number of hydrogen-bond donors (Lipinski definition) is 3. The average molecular weight is 487 g/mol. The van der Waals surface area contributed by atoms with E-state index in [4.69, 9.17) is 21.1 Å². The fraction of sp³-hybridized carbons (Fsp3) is 0.333. The van der Waals surface area contributed by atoms with Gasteiger partial charge in [0.2, 0.25) is 0 Å². The van der Waals surface area contributed by atoms with Crippen molar-refractivity contribution >= 4 is 41.2 Å². The van der Waals surface area contributed by atoms with Gasteiger partial charge in [0.05, 0.1) is 12.3 Å². The first-order chi connectivity index (χ1) is 16.3. The molecule has 1 heterocycles. The summed E-state index contributed by atoms with van der Waals surface area (Å²) in [6.07, 6.45) is 3.00. The van der Waals surface area contributed by atoms with E-state index in [1.165, 1.54) is 6.21 Å². The molecule has 3 amide bonds. The van der Waals surface area contributed by atoms with Gasteiger partial charge in [-0.1, -0.05) is 29.3 Å². The van der Waals surface area contributed by atoms with E-state index >= 15 is 0 Å². The van der Waals surface area contributed by atoms with Crippen molar-refractivity contribution in [3.8, 4) is 5.75 Å². The number of carbonyl (C=O) groups excluding carboxylic acids is 3. The highest BCUT2D eigenvalue weighted by molar-refractivity contribution is 6.35. The number of halogens is 1. The monoisotopic (exact) mass is 486 g/mol. The Morgan fingerprint density at radius 1 is 1.18 bits per heavy atom. The van der Waals surface area contributed by atoms with Crippen molar-refractivity contribution in [2.45, 2.75) is 32.8 Å². The minimum atomic E-state index is -0.911. The van der Waals surface area contributed by atoms with Gasteiger partial charge in [-0.15, -0.1) is 0 Å².